The number of carbonyl (C=O) groups is 2. The van der Waals surface area contributed by atoms with Gasteiger partial charge in [-0.25, -0.2) is 27.1 Å². The molecule has 14 nitrogen and oxygen atoms in total. The summed E-state index contributed by atoms with van der Waals surface area (Å²) in [4.78, 5) is 21.3. The van der Waals surface area contributed by atoms with Gasteiger partial charge in [0.15, 0.2) is 0 Å². The van der Waals surface area contributed by atoms with E-state index in [2.05, 4.69) is 10.6 Å². The number of sulfonamides is 2. The summed E-state index contributed by atoms with van der Waals surface area (Å²) in [5.74, 6) is -1.99. The number of hydrogen-bond acceptors (Lipinski definition) is 12. The Hall–Kier alpha value is -3.29. The smallest absolute Gasteiger partial charge is 0.545 e. The van der Waals surface area contributed by atoms with Gasteiger partial charge < -0.3 is 39.3 Å². The first-order valence-corrected chi connectivity index (χ1v) is 15.1. The van der Waals surface area contributed by atoms with Gasteiger partial charge >= 0.3 is 23.1 Å². The van der Waals surface area contributed by atoms with Crippen molar-refractivity contribution in [3.05, 3.63) is 93.7 Å². The van der Waals surface area contributed by atoms with Crippen molar-refractivity contribution in [3.63, 3.8) is 0 Å². The van der Waals surface area contributed by atoms with Crippen molar-refractivity contribution in [1.82, 2.24) is 0 Å². The Kier molecular flexibility index (Phi) is 12.5. The van der Waals surface area contributed by atoms with Crippen LogP contribution >= 0.6 is 23.2 Å². The van der Waals surface area contributed by atoms with Gasteiger partial charge in [0.2, 0.25) is 20.0 Å². The predicted molar refractivity (Wildman–Crippen MR) is 152 cm³/mol. The maximum absolute atomic E-state index is 11.3. The molecule has 0 fully saturated rings. The molecule has 4 rings (SSSR count). The fourth-order valence-corrected chi connectivity index (χ4v) is 5.56. The molecule has 0 spiro atoms. The van der Waals surface area contributed by atoms with Crippen LogP contribution in [0, 0.1) is 0 Å². The van der Waals surface area contributed by atoms with Crippen LogP contribution < -0.4 is 31.1 Å². The molecule has 43 heavy (non-hydrogen) atoms. The summed E-state index contributed by atoms with van der Waals surface area (Å²) in [6.07, 6.45) is 2.93. The third kappa shape index (κ3) is 9.87. The SMILES string of the molecule is NS(=O)(=O)c1cc(C(=O)[O-])c(NCc2ccco2)cc1Cl.NS(=O)(=O)c1cc(C(=O)[O-])c(NCc2ccco2)cc1Cl.[Mg+2]. The number of rotatable bonds is 10. The number of benzene rings is 2. The van der Waals surface area contributed by atoms with E-state index >= 15 is 0 Å². The van der Waals surface area contributed by atoms with E-state index in [1.807, 2.05) is 0 Å². The minimum atomic E-state index is -4.13. The maximum atomic E-state index is 11.3. The molecule has 0 unspecified atom stereocenters. The van der Waals surface area contributed by atoms with Gasteiger partial charge in [-0.3, -0.25) is 0 Å². The van der Waals surface area contributed by atoms with Crippen LogP contribution in [0.15, 0.2) is 79.7 Å². The van der Waals surface area contributed by atoms with E-state index in [1.165, 1.54) is 12.5 Å². The number of carbonyl (C=O) groups excluding carboxylic acids is 2. The Morgan fingerprint density at radius 3 is 1.33 bits per heavy atom. The van der Waals surface area contributed by atoms with Crippen LogP contribution in [-0.2, 0) is 33.1 Å². The number of carboxylic acid groups (broad SMARTS) is 2. The second kappa shape index (κ2) is 14.9. The van der Waals surface area contributed by atoms with Crippen molar-refractivity contribution in [1.29, 1.82) is 0 Å². The molecule has 0 atom stereocenters. The zero-order chi connectivity index (χ0) is 31.2. The summed E-state index contributed by atoms with van der Waals surface area (Å²) < 4.78 is 55.5. The van der Waals surface area contributed by atoms with E-state index in [1.54, 1.807) is 24.3 Å². The van der Waals surface area contributed by atoms with Crippen LogP contribution in [0.4, 0.5) is 11.4 Å². The molecule has 0 amide bonds. The first-order valence-electron chi connectivity index (χ1n) is 11.3. The molecule has 6 N–H and O–H groups in total. The molecule has 2 aromatic heterocycles. The average molecular weight is 684 g/mol. The van der Waals surface area contributed by atoms with Gasteiger partial charge in [-0.1, -0.05) is 23.2 Å². The molecule has 19 heteroatoms. The van der Waals surface area contributed by atoms with Crippen LogP contribution in [0.3, 0.4) is 0 Å². The molecule has 224 valence electrons. The summed E-state index contributed by atoms with van der Waals surface area (Å²) in [6, 6.07) is 10.8. The van der Waals surface area contributed by atoms with Crippen LogP contribution in [0.5, 0.6) is 0 Å². The van der Waals surface area contributed by atoms with Crippen molar-refractivity contribution in [2.24, 2.45) is 10.3 Å². The zero-order valence-electron chi connectivity index (χ0n) is 21.7. The zero-order valence-corrected chi connectivity index (χ0v) is 26.3. The van der Waals surface area contributed by atoms with E-state index < -0.39 is 41.8 Å². The molecule has 0 radical (unpaired) electrons. The molecule has 0 saturated heterocycles. The summed E-state index contributed by atoms with van der Waals surface area (Å²) in [5, 5.41) is 37.4. The molecule has 0 aliphatic carbocycles. The van der Waals surface area contributed by atoms with E-state index in [-0.39, 0.29) is 68.7 Å². The fraction of sp³-hybridized carbons (Fsp3) is 0.0833. The van der Waals surface area contributed by atoms with E-state index in [0.29, 0.717) is 11.5 Å². The molecule has 2 aromatic carbocycles. The number of halogens is 2. The molecule has 4 aromatic rings. The normalized spacial score (nSPS) is 11.1. The number of anilines is 2. The van der Waals surface area contributed by atoms with Gasteiger partial charge in [0.25, 0.3) is 0 Å². The van der Waals surface area contributed by atoms with E-state index in [9.17, 15) is 36.6 Å². The molecular weight excluding hydrogens is 664 g/mol. The number of aromatic carboxylic acids is 2. The molecule has 0 saturated carbocycles. The van der Waals surface area contributed by atoms with Crippen LogP contribution in [-0.4, -0.2) is 51.8 Å². The second-order valence-electron chi connectivity index (χ2n) is 8.19. The van der Waals surface area contributed by atoms with Crippen LogP contribution in [0.25, 0.3) is 0 Å². The number of furan rings is 2. The topological polar surface area (TPSA) is 251 Å². The number of nitrogens with one attached hydrogen (secondary N) is 2. The predicted octanol–water partition coefficient (Wildman–Crippen LogP) is 0.731. The Morgan fingerprint density at radius 1 is 0.721 bits per heavy atom. The van der Waals surface area contributed by atoms with E-state index in [0.717, 1.165) is 24.3 Å². The Morgan fingerprint density at radius 2 is 1.07 bits per heavy atom. The van der Waals surface area contributed by atoms with Gasteiger partial charge in [-0.15, -0.1) is 0 Å². The number of nitrogens with two attached hydrogens (primary N) is 2. The number of hydrogen-bond donors (Lipinski definition) is 4. The van der Waals surface area contributed by atoms with Gasteiger partial charge in [-0.2, -0.15) is 0 Å². The van der Waals surface area contributed by atoms with Gasteiger partial charge in [0.1, 0.15) is 21.3 Å². The quantitative estimate of drug-likeness (QED) is 0.169. The average Bonchev–Trinajstić information content (AvgIpc) is 3.59. The second-order valence-corrected chi connectivity index (χ2v) is 12.1. The van der Waals surface area contributed by atoms with Gasteiger partial charge in [0, 0.05) is 22.5 Å². The van der Waals surface area contributed by atoms with Gasteiger partial charge in [-0.05, 0) is 48.5 Å². The Labute approximate surface area is 271 Å². The van der Waals surface area contributed by atoms with Crippen molar-refractivity contribution in [2.75, 3.05) is 10.6 Å². The number of primary sulfonamides is 2. The van der Waals surface area contributed by atoms with E-state index in [4.69, 9.17) is 42.3 Å². The van der Waals surface area contributed by atoms with Crippen molar-refractivity contribution >= 4 is 89.6 Å². The summed E-state index contributed by atoms with van der Waals surface area (Å²) in [6.45, 7) is 0.386. The first-order chi connectivity index (χ1) is 19.6. The van der Waals surface area contributed by atoms with Crippen molar-refractivity contribution in [3.8, 4) is 0 Å². The fourth-order valence-electron chi connectivity index (χ4n) is 3.36. The molecule has 0 bridgehead atoms. The minimum absolute atomic E-state index is 0. The maximum Gasteiger partial charge on any atom is 2.00 e. The summed E-state index contributed by atoms with van der Waals surface area (Å²) in [5.41, 5.74) is -0.530. The number of carboxylic acids is 2. The Balaban J connectivity index is 0.000000293. The standard InChI is InChI=1S/2C12H11ClN2O5S.Mg/c2*13-9-5-10(15-6-7-2-1-3-20-7)8(12(16)17)4-11(9)21(14,18)19;/h2*1-5,15H,6H2,(H,16,17)(H2,14,18,19);/q;;+2/p-2. The Bertz CT molecular complexity index is 1680. The largest absolute Gasteiger partial charge is 2.00 e. The molecule has 2 heterocycles. The van der Waals surface area contributed by atoms with Crippen molar-refractivity contribution < 1.29 is 45.5 Å². The monoisotopic (exact) mass is 682 g/mol. The van der Waals surface area contributed by atoms with Crippen molar-refractivity contribution in [2.45, 2.75) is 22.9 Å². The molecule has 0 aliphatic heterocycles. The summed E-state index contributed by atoms with van der Waals surface area (Å²) >= 11 is 11.6. The summed E-state index contributed by atoms with van der Waals surface area (Å²) in [7, 11) is -8.27. The van der Waals surface area contributed by atoms with Crippen LogP contribution in [0.1, 0.15) is 32.2 Å². The third-order valence-electron chi connectivity index (χ3n) is 5.26. The molecular formula is C24H20Cl2MgN4O10S2. The van der Waals surface area contributed by atoms with Crippen LogP contribution in [0.2, 0.25) is 10.0 Å². The minimum Gasteiger partial charge on any atom is -0.545 e. The molecule has 0 aliphatic rings. The third-order valence-corrected chi connectivity index (χ3v) is 8.01. The first kappa shape index (κ1) is 35.9. The van der Waals surface area contributed by atoms with Gasteiger partial charge in [0.05, 0.1) is 47.6 Å².